The summed E-state index contributed by atoms with van der Waals surface area (Å²) in [7, 11) is 0. The molecule has 1 heterocycles. The maximum atomic E-state index is 12.2. The van der Waals surface area contributed by atoms with E-state index in [4.69, 9.17) is 5.11 Å². The topological polar surface area (TPSA) is 84.2 Å². The molecular formula is C14H21N3O3. The van der Waals surface area contributed by atoms with Gasteiger partial charge < -0.3 is 15.0 Å². The number of carboxylic acid groups (broad SMARTS) is 1. The van der Waals surface area contributed by atoms with Crippen LogP contribution in [0.2, 0.25) is 0 Å². The van der Waals surface area contributed by atoms with Crippen molar-refractivity contribution in [2.45, 2.75) is 45.7 Å². The highest BCUT2D eigenvalue weighted by molar-refractivity contribution is 5.70. The Labute approximate surface area is 117 Å². The Hall–Kier alpha value is -1.85. The largest absolute Gasteiger partial charge is 0.481 e. The summed E-state index contributed by atoms with van der Waals surface area (Å²) in [4.78, 5) is 27.2. The fraction of sp³-hybridized carbons (Fsp3) is 0.643. The molecule has 20 heavy (non-hydrogen) atoms. The highest BCUT2D eigenvalue weighted by atomic mass is 16.4. The third-order valence-electron chi connectivity index (χ3n) is 3.60. The van der Waals surface area contributed by atoms with Crippen LogP contribution in [0.15, 0.2) is 17.2 Å². The maximum absolute atomic E-state index is 12.2. The Bertz CT molecular complexity index is 539. The van der Waals surface area contributed by atoms with E-state index in [1.807, 2.05) is 13.8 Å². The second kappa shape index (κ2) is 6.07. The van der Waals surface area contributed by atoms with Crippen molar-refractivity contribution in [2.75, 3.05) is 5.32 Å². The van der Waals surface area contributed by atoms with E-state index in [0.29, 0.717) is 31.1 Å². The maximum Gasteiger partial charge on any atom is 0.306 e. The Balaban J connectivity index is 2.07. The van der Waals surface area contributed by atoms with Crippen LogP contribution in [0.3, 0.4) is 0 Å². The van der Waals surface area contributed by atoms with Crippen molar-refractivity contribution >= 4 is 11.8 Å². The van der Waals surface area contributed by atoms with Crippen LogP contribution in [0.5, 0.6) is 0 Å². The number of nitrogens with one attached hydrogen (secondary N) is 1. The summed E-state index contributed by atoms with van der Waals surface area (Å²) >= 11 is 0. The van der Waals surface area contributed by atoms with Crippen LogP contribution in [-0.4, -0.2) is 26.7 Å². The van der Waals surface area contributed by atoms with Crippen LogP contribution < -0.4 is 10.9 Å². The van der Waals surface area contributed by atoms with Gasteiger partial charge in [0.1, 0.15) is 0 Å². The minimum absolute atomic E-state index is 0.0196. The lowest BCUT2D eigenvalue weighted by molar-refractivity contribution is -0.141. The number of carboxylic acids is 1. The molecule has 1 aliphatic carbocycles. The molecule has 0 aliphatic heterocycles. The van der Waals surface area contributed by atoms with E-state index < -0.39 is 5.97 Å². The standard InChI is InChI=1S/C14H21N3O3/c1-9(2)8-17-6-5-15-12(13(17)18)16-11-4-3-10(7-11)14(19)20/h5-6,9-11H,3-4,7-8H2,1-2H3,(H,15,16)(H,19,20). The second-order valence-corrected chi connectivity index (χ2v) is 5.82. The molecular weight excluding hydrogens is 258 g/mol. The molecule has 0 saturated heterocycles. The van der Waals surface area contributed by atoms with Crippen molar-refractivity contribution in [2.24, 2.45) is 11.8 Å². The number of aromatic nitrogens is 2. The smallest absolute Gasteiger partial charge is 0.306 e. The van der Waals surface area contributed by atoms with Crippen LogP contribution in [0.25, 0.3) is 0 Å². The first kappa shape index (κ1) is 14.6. The summed E-state index contributed by atoms with van der Waals surface area (Å²) in [6.45, 7) is 4.75. The van der Waals surface area contributed by atoms with Gasteiger partial charge in [-0.2, -0.15) is 0 Å². The van der Waals surface area contributed by atoms with E-state index in [2.05, 4.69) is 10.3 Å². The van der Waals surface area contributed by atoms with Crippen molar-refractivity contribution in [3.05, 3.63) is 22.7 Å². The summed E-state index contributed by atoms with van der Waals surface area (Å²) in [6.07, 6.45) is 5.25. The molecule has 1 aliphatic rings. The number of hydrogen-bond donors (Lipinski definition) is 2. The Morgan fingerprint density at radius 3 is 2.90 bits per heavy atom. The van der Waals surface area contributed by atoms with Gasteiger partial charge >= 0.3 is 5.97 Å². The van der Waals surface area contributed by atoms with E-state index in [9.17, 15) is 9.59 Å². The molecule has 1 fully saturated rings. The minimum atomic E-state index is -0.757. The van der Waals surface area contributed by atoms with Gasteiger partial charge in [0.2, 0.25) is 0 Å². The molecule has 2 atom stereocenters. The second-order valence-electron chi connectivity index (χ2n) is 5.82. The predicted octanol–water partition coefficient (Wildman–Crippen LogP) is 1.56. The van der Waals surface area contributed by atoms with E-state index in [-0.39, 0.29) is 17.5 Å². The predicted molar refractivity (Wildman–Crippen MR) is 75.7 cm³/mol. The summed E-state index contributed by atoms with van der Waals surface area (Å²) in [6, 6.07) is 0.0196. The number of aliphatic carboxylic acids is 1. The molecule has 1 aromatic rings. The van der Waals surface area contributed by atoms with Gasteiger partial charge in [0.25, 0.3) is 5.56 Å². The van der Waals surface area contributed by atoms with Crippen LogP contribution in [0.1, 0.15) is 33.1 Å². The zero-order valence-corrected chi connectivity index (χ0v) is 11.9. The van der Waals surface area contributed by atoms with Gasteiger partial charge in [0.05, 0.1) is 5.92 Å². The highest BCUT2D eigenvalue weighted by Gasteiger charge is 2.30. The van der Waals surface area contributed by atoms with Gasteiger partial charge in [-0.05, 0) is 25.2 Å². The first-order valence-corrected chi connectivity index (χ1v) is 7.02. The zero-order valence-electron chi connectivity index (χ0n) is 11.9. The van der Waals surface area contributed by atoms with E-state index >= 15 is 0 Å². The number of anilines is 1. The third-order valence-corrected chi connectivity index (χ3v) is 3.60. The average molecular weight is 279 g/mol. The molecule has 1 saturated carbocycles. The average Bonchev–Trinajstić information content (AvgIpc) is 2.82. The van der Waals surface area contributed by atoms with Gasteiger partial charge in [-0.1, -0.05) is 13.8 Å². The van der Waals surface area contributed by atoms with Gasteiger partial charge in [0.15, 0.2) is 5.82 Å². The number of nitrogens with zero attached hydrogens (tertiary/aromatic N) is 2. The molecule has 6 heteroatoms. The lowest BCUT2D eigenvalue weighted by atomic mass is 10.1. The Kier molecular flexibility index (Phi) is 4.42. The van der Waals surface area contributed by atoms with E-state index in [0.717, 1.165) is 6.42 Å². The number of hydrogen-bond acceptors (Lipinski definition) is 4. The van der Waals surface area contributed by atoms with Crippen LogP contribution in [0, 0.1) is 11.8 Å². The van der Waals surface area contributed by atoms with Gasteiger partial charge in [0, 0.05) is 25.0 Å². The fourth-order valence-electron chi connectivity index (χ4n) is 2.61. The SMILES string of the molecule is CC(C)Cn1ccnc(NC2CCC(C(=O)O)C2)c1=O. The van der Waals surface area contributed by atoms with Crippen LogP contribution in [-0.2, 0) is 11.3 Å². The van der Waals surface area contributed by atoms with Crippen LogP contribution in [0.4, 0.5) is 5.82 Å². The van der Waals surface area contributed by atoms with Crippen molar-refractivity contribution in [1.82, 2.24) is 9.55 Å². The number of rotatable bonds is 5. The van der Waals surface area contributed by atoms with Gasteiger partial charge in [-0.3, -0.25) is 9.59 Å². The fourth-order valence-corrected chi connectivity index (χ4v) is 2.61. The molecule has 6 nitrogen and oxygen atoms in total. The van der Waals surface area contributed by atoms with Gasteiger partial charge in [-0.15, -0.1) is 0 Å². The van der Waals surface area contributed by atoms with Crippen molar-refractivity contribution in [3.8, 4) is 0 Å². The van der Waals surface area contributed by atoms with E-state index in [1.165, 1.54) is 0 Å². The first-order valence-electron chi connectivity index (χ1n) is 7.02. The lowest BCUT2D eigenvalue weighted by Gasteiger charge is -2.14. The lowest BCUT2D eigenvalue weighted by Crippen LogP contribution is -2.29. The quantitative estimate of drug-likeness (QED) is 0.854. The number of carbonyl (C=O) groups is 1. The molecule has 0 spiro atoms. The third kappa shape index (κ3) is 3.37. The zero-order chi connectivity index (χ0) is 14.7. The van der Waals surface area contributed by atoms with E-state index in [1.54, 1.807) is 17.0 Å². The first-order chi connectivity index (χ1) is 9.47. The van der Waals surface area contributed by atoms with Gasteiger partial charge in [-0.25, -0.2) is 4.98 Å². The normalized spacial score (nSPS) is 22.1. The molecule has 2 N–H and O–H groups in total. The van der Waals surface area contributed by atoms with Crippen molar-refractivity contribution < 1.29 is 9.90 Å². The molecule has 2 unspecified atom stereocenters. The molecule has 2 rings (SSSR count). The molecule has 0 bridgehead atoms. The molecule has 0 radical (unpaired) electrons. The summed E-state index contributed by atoms with van der Waals surface area (Å²) in [5, 5.41) is 12.1. The van der Waals surface area contributed by atoms with Crippen LogP contribution >= 0.6 is 0 Å². The summed E-state index contributed by atoms with van der Waals surface area (Å²) in [5.41, 5.74) is -0.139. The highest BCUT2D eigenvalue weighted by Crippen LogP contribution is 2.27. The molecule has 0 aromatic carbocycles. The monoisotopic (exact) mass is 279 g/mol. The molecule has 0 amide bonds. The Morgan fingerprint density at radius 2 is 2.30 bits per heavy atom. The summed E-state index contributed by atoms with van der Waals surface area (Å²) in [5.74, 6) is -0.364. The minimum Gasteiger partial charge on any atom is -0.481 e. The van der Waals surface area contributed by atoms with Crippen molar-refractivity contribution in [1.29, 1.82) is 0 Å². The summed E-state index contributed by atoms with van der Waals surface area (Å²) < 4.78 is 1.64. The molecule has 1 aromatic heterocycles. The Morgan fingerprint density at radius 1 is 1.55 bits per heavy atom. The molecule has 110 valence electrons. The van der Waals surface area contributed by atoms with Crippen molar-refractivity contribution in [3.63, 3.8) is 0 Å².